The van der Waals surface area contributed by atoms with Crippen molar-refractivity contribution in [3.63, 3.8) is 0 Å². The van der Waals surface area contributed by atoms with Gasteiger partial charge >= 0.3 is 0 Å². The summed E-state index contributed by atoms with van der Waals surface area (Å²) in [7, 11) is 1.44. The minimum atomic E-state index is -0.567. The molecule has 24 heavy (non-hydrogen) atoms. The molecule has 0 unspecified atom stereocenters. The van der Waals surface area contributed by atoms with Gasteiger partial charge in [-0.25, -0.2) is 0 Å². The number of nitro groups is 1. The maximum Gasteiger partial charge on any atom is 0.270 e. The normalized spacial score (nSPS) is 9.92. The van der Waals surface area contributed by atoms with E-state index in [4.69, 9.17) is 4.74 Å². The third kappa shape index (κ3) is 4.07. The molecule has 0 fully saturated rings. The summed E-state index contributed by atoms with van der Waals surface area (Å²) in [5, 5.41) is 16.0. The number of hydrogen-bond acceptors (Lipinski definition) is 5. The zero-order valence-electron chi connectivity index (χ0n) is 13.0. The highest BCUT2D eigenvalue weighted by Crippen LogP contribution is 2.28. The number of carbonyl (C=O) groups excluding carboxylic acids is 2. The molecule has 124 valence electrons. The van der Waals surface area contributed by atoms with Gasteiger partial charge in [-0.3, -0.25) is 19.7 Å². The zero-order chi connectivity index (χ0) is 17.7. The van der Waals surface area contributed by atoms with E-state index in [1.807, 2.05) is 0 Å². The molecule has 2 N–H and O–H groups in total. The Labute approximate surface area is 137 Å². The van der Waals surface area contributed by atoms with Gasteiger partial charge in [0.05, 0.1) is 17.7 Å². The Kier molecular flexibility index (Phi) is 5.10. The van der Waals surface area contributed by atoms with Gasteiger partial charge in [-0.2, -0.15) is 0 Å². The minimum absolute atomic E-state index is 0.161. The fourth-order valence-electron chi connectivity index (χ4n) is 2.03. The smallest absolute Gasteiger partial charge is 0.270 e. The molecule has 8 nitrogen and oxygen atoms in total. The highest BCUT2D eigenvalue weighted by molar-refractivity contribution is 6.05. The summed E-state index contributed by atoms with van der Waals surface area (Å²) < 4.78 is 5.17. The molecule has 0 heterocycles. The first-order valence-electron chi connectivity index (χ1n) is 6.92. The number of anilines is 2. The number of nitrogens with one attached hydrogen (secondary N) is 2. The molecular weight excluding hydrogens is 314 g/mol. The van der Waals surface area contributed by atoms with Crippen molar-refractivity contribution in [2.45, 2.75) is 6.92 Å². The van der Waals surface area contributed by atoms with Gasteiger partial charge in [-0.05, 0) is 18.2 Å². The summed E-state index contributed by atoms with van der Waals surface area (Å²) in [4.78, 5) is 33.5. The molecule has 0 atom stereocenters. The number of nitrogens with zero attached hydrogens (tertiary/aromatic N) is 1. The van der Waals surface area contributed by atoms with E-state index in [0.29, 0.717) is 17.1 Å². The fraction of sp³-hybridized carbons (Fsp3) is 0.125. The lowest BCUT2D eigenvalue weighted by atomic mass is 10.2. The van der Waals surface area contributed by atoms with Crippen LogP contribution in [0.1, 0.15) is 17.3 Å². The average molecular weight is 329 g/mol. The lowest BCUT2D eigenvalue weighted by Gasteiger charge is -2.11. The Morgan fingerprint density at radius 1 is 1.12 bits per heavy atom. The summed E-state index contributed by atoms with van der Waals surface area (Å²) in [5.41, 5.74) is 0.895. The number of hydrogen-bond donors (Lipinski definition) is 2. The van der Waals surface area contributed by atoms with Gasteiger partial charge in [0.1, 0.15) is 5.75 Å². The second-order valence-electron chi connectivity index (χ2n) is 4.86. The fourth-order valence-corrected chi connectivity index (χ4v) is 2.03. The minimum Gasteiger partial charge on any atom is -0.494 e. The maximum absolute atomic E-state index is 12.2. The number of non-ortho nitro benzene ring substituents is 1. The number of carbonyl (C=O) groups is 2. The molecule has 0 radical (unpaired) electrons. The van der Waals surface area contributed by atoms with Gasteiger partial charge in [0.15, 0.2) is 0 Å². The van der Waals surface area contributed by atoms with Crippen molar-refractivity contribution in [2.24, 2.45) is 0 Å². The molecule has 2 rings (SSSR count). The van der Waals surface area contributed by atoms with E-state index in [9.17, 15) is 19.7 Å². The van der Waals surface area contributed by atoms with Crippen LogP contribution in [0.3, 0.4) is 0 Å². The van der Waals surface area contributed by atoms with Crippen LogP contribution in [0.5, 0.6) is 5.75 Å². The predicted octanol–water partition coefficient (Wildman–Crippen LogP) is 2.81. The van der Waals surface area contributed by atoms with Crippen LogP contribution in [-0.2, 0) is 4.79 Å². The Morgan fingerprint density at radius 2 is 1.88 bits per heavy atom. The van der Waals surface area contributed by atoms with E-state index in [2.05, 4.69) is 10.6 Å². The first-order chi connectivity index (χ1) is 11.4. The second kappa shape index (κ2) is 7.23. The molecule has 0 bridgehead atoms. The van der Waals surface area contributed by atoms with Crippen molar-refractivity contribution < 1.29 is 19.2 Å². The SMILES string of the molecule is COc1cc(NC(=O)c2cccc([N+](=O)[O-])c2)ccc1NC(C)=O. The van der Waals surface area contributed by atoms with Crippen molar-refractivity contribution in [3.05, 3.63) is 58.1 Å². The average Bonchev–Trinajstić information content (AvgIpc) is 2.55. The van der Waals surface area contributed by atoms with Gasteiger partial charge in [0.2, 0.25) is 5.91 Å². The number of methoxy groups -OCH3 is 1. The van der Waals surface area contributed by atoms with Crippen molar-refractivity contribution in [3.8, 4) is 5.75 Å². The molecule has 0 saturated heterocycles. The van der Waals surface area contributed by atoms with Crippen LogP contribution >= 0.6 is 0 Å². The van der Waals surface area contributed by atoms with Crippen molar-refractivity contribution in [2.75, 3.05) is 17.7 Å². The number of amides is 2. The highest BCUT2D eigenvalue weighted by atomic mass is 16.6. The van der Waals surface area contributed by atoms with Crippen LogP contribution < -0.4 is 15.4 Å². The number of benzene rings is 2. The van der Waals surface area contributed by atoms with Crippen molar-refractivity contribution in [1.82, 2.24) is 0 Å². The quantitative estimate of drug-likeness (QED) is 0.647. The second-order valence-corrected chi connectivity index (χ2v) is 4.86. The molecule has 8 heteroatoms. The van der Waals surface area contributed by atoms with Gasteiger partial charge in [-0.1, -0.05) is 6.07 Å². The van der Waals surface area contributed by atoms with Gasteiger partial charge in [-0.15, -0.1) is 0 Å². The van der Waals surface area contributed by atoms with E-state index >= 15 is 0 Å². The van der Waals surface area contributed by atoms with Gasteiger partial charge in [0.25, 0.3) is 11.6 Å². The van der Waals surface area contributed by atoms with Crippen molar-refractivity contribution in [1.29, 1.82) is 0 Å². The van der Waals surface area contributed by atoms with Crippen LogP contribution in [0.2, 0.25) is 0 Å². The first kappa shape index (κ1) is 16.9. The standard InChI is InChI=1S/C16H15N3O5/c1-10(20)17-14-7-6-12(9-15(14)24-2)18-16(21)11-4-3-5-13(8-11)19(22)23/h3-9H,1-2H3,(H,17,20)(H,18,21). The molecule has 0 aromatic heterocycles. The van der Waals surface area contributed by atoms with Crippen LogP contribution in [0.4, 0.5) is 17.1 Å². The van der Waals surface area contributed by atoms with E-state index < -0.39 is 10.8 Å². The number of rotatable bonds is 5. The van der Waals surface area contributed by atoms with E-state index in [0.717, 1.165) is 0 Å². The lowest BCUT2D eigenvalue weighted by Crippen LogP contribution is -2.13. The van der Waals surface area contributed by atoms with Crippen LogP contribution in [0.25, 0.3) is 0 Å². The topological polar surface area (TPSA) is 111 Å². The molecule has 0 aliphatic rings. The first-order valence-corrected chi connectivity index (χ1v) is 6.92. The Balaban J connectivity index is 2.21. The van der Waals surface area contributed by atoms with Crippen molar-refractivity contribution >= 4 is 28.9 Å². The maximum atomic E-state index is 12.2. The van der Waals surface area contributed by atoms with E-state index in [1.165, 1.54) is 38.3 Å². The molecule has 0 aliphatic carbocycles. The molecule has 0 saturated carbocycles. The summed E-state index contributed by atoms with van der Waals surface area (Å²) in [5.74, 6) is -0.364. The summed E-state index contributed by atoms with van der Waals surface area (Å²) >= 11 is 0. The molecule has 2 aromatic rings. The largest absolute Gasteiger partial charge is 0.494 e. The molecule has 0 aliphatic heterocycles. The van der Waals surface area contributed by atoms with Crippen LogP contribution in [0, 0.1) is 10.1 Å². The van der Waals surface area contributed by atoms with E-state index in [-0.39, 0.29) is 17.2 Å². The summed E-state index contributed by atoms with van der Waals surface area (Å²) in [6.07, 6.45) is 0. The Morgan fingerprint density at radius 3 is 2.50 bits per heavy atom. The monoisotopic (exact) mass is 329 g/mol. The lowest BCUT2D eigenvalue weighted by molar-refractivity contribution is -0.384. The molecular formula is C16H15N3O5. The van der Waals surface area contributed by atoms with Gasteiger partial charge < -0.3 is 15.4 Å². The Hall–Kier alpha value is -3.42. The zero-order valence-corrected chi connectivity index (χ0v) is 13.0. The van der Waals surface area contributed by atoms with Gasteiger partial charge in [0, 0.05) is 36.4 Å². The predicted molar refractivity (Wildman–Crippen MR) is 88.3 cm³/mol. The number of ether oxygens (including phenoxy) is 1. The third-order valence-electron chi connectivity index (χ3n) is 3.09. The highest BCUT2D eigenvalue weighted by Gasteiger charge is 2.13. The molecule has 2 amide bonds. The Bertz CT molecular complexity index is 804. The van der Waals surface area contributed by atoms with Crippen LogP contribution in [0.15, 0.2) is 42.5 Å². The van der Waals surface area contributed by atoms with E-state index in [1.54, 1.807) is 18.2 Å². The summed E-state index contributed by atoms with van der Waals surface area (Å²) in [6, 6.07) is 10.1. The third-order valence-corrected chi connectivity index (χ3v) is 3.09. The summed E-state index contributed by atoms with van der Waals surface area (Å²) in [6.45, 7) is 1.37. The number of nitro benzene ring substituents is 1. The van der Waals surface area contributed by atoms with Crippen LogP contribution in [-0.4, -0.2) is 23.8 Å². The molecule has 0 spiro atoms. The molecule has 2 aromatic carbocycles.